The van der Waals surface area contributed by atoms with Crippen molar-refractivity contribution in [2.45, 2.75) is 13.8 Å². The number of urea groups is 1. The maximum atomic E-state index is 10.6. The lowest BCUT2D eigenvalue weighted by Gasteiger charge is -2.16. The predicted molar refractivity (Wildman–Crippen MR) is 61.9 cm³/mol. The van der Waals surface area contributed by atoms with E-state index in [1.54, 1.807) is 0 Å². The Kier molecular flexibility index (Phi) is 4.13. The van der Waals surface area contributed by atoms with Crippen molar-refractivity contribution in [3.05, 3.63) is 29.3 Å². The van der Waals surface area contributed by atoms with Gasteiger partial charge in [0.05, 0.1) is 6.54 Å². The van der Waals surface area contributed by atoms with Crippen LogP contribution in [0.3, 0.4) is 0 Å². The monoisotopic (exact) mass is 223 g/mol. The summed E-state index contributed by atoms with van der Waals surface area (Å²) < 4.78 is 5.56. The Bertz CT molecular complexity index is 359. The van der Waals surface area contributed by atoms with Gasteiger partial charge in [-0.3, -0.25) is 5.01 Å². The molecule has 0 aliphatic carbocycles. The minimum atomic E-state index is -0.662. The first-order chi connectivity index (χ1) is 7.52. The molecule has 2 amide bonds. The van der Waals surface area contributed by atoms with Gasteiger partial charge in [-0.2, -0.15) is 0 Å². The van der Waals surface area contributed by atoms with E-state index >= 15 is 0 Å². The first-order valence-electron chi connectivity index (χ1n) is 5.03. The minimum Gasteiger partial charge on any atom is -0.491 e. The molecule has 4 N–H and O–H groups in total. The molecule has 1 aromatic rings. The lowest BCUT2D eigenvalue weighted by atomic mass is 10.1. The average Bonchev–Trinajstić information content (AvgIpc) is 2.22. The molecule has 0 spiro atoms. The van der Waals surface area contributed by atoms with Crippen molar-refractivity contribution < 1.29 is 9.53 Å². The number of aryl methyl sites for hydroxylation is 2. The maximum absolute atomic E-state index is 10.6. The number of amides is 2. The molecule has 5 heteroatoms. The molecule has 0 unspecified atom stereocenters. The zero-order valence-electron chi connectivity index (χ0n) is 9.56. The third kappa shape index (κ3) is 3.13. The van der Waals surface area contributed by atoms with Gasteiger partial charge in [0, 0.05) is 0 Å². The quantitative estimate of drug-likeness (QED) is 0.452. The highest BCUT2D eigenvalue weighted by Crippen LogP contribution is 2.21. The topological polar surface area (TPSA) is 81.6 Å². The number of para-hydroxylation sites is 1. The lowest BCUT2D eigenvalue weighted by Crippen LogP contribution is -2.43. The number of hydrogen-bond acceptors (Lipinski definition) is 3. The molecule has 0 bridgehead atoms. The molecule has 1 aromatic carbocycles. The van der Waals surface area contributed by atoms with Gasteiger partial charge in [0.2, 0.25) is 0 Å². The molecule has 0 saturated carbocycles. The van der Waals surface area contributed by atoms with Crippen LogP contribution in [0.25, 0.3) is 0 Å². The lowest BCUT2D eigenvalue weighted by molar-refractivity contribution is 0.192. The van der Waals surface area contributed by atoms with Gasteiger partial charge >= 0.3 is 6.03 Å². The van der Waals surface area contributed by atoms with E-state index in [0.717, 1.165) is 21.9 Å². The van der Waals surface area contributed by atoms with E-state index < -0.39 is 6.03 Å². The van der Waals surface area contributed by atoms with Gasteiger partial charge in [-0.05, 0) is 25.0 Å². The van der Waals surface area contributed by atoms with Gasteiger partial charge in [-0.1, -0.05) is 18.2 Å². The molecule has 0 aliphatic heterocycles. The summed E-state index contributed by atoms with van der Waals surface area (Å²) in [6.07, 6.45) is 0. The van der Waals surface area contributed by atoms with Gasteiger partial charge in [-0.15, -0.1) is 0 Å². The fourth-order valence-corrected chi connectivity index (χ4v) is 1.38. The fraction of sp³-hybridized carbons (Fsp3) is 0.364. The summed E-state index contributed by atoms with van der Waals surface area (Å²) >= 11 is 0. The van der Waals surface area contributed by atoms with Crippen molar-refractivity contribution in [2.24, 2.45) is 11.6 Å². The van der Waals surface area contributed by atoms with Crippen LogP contribution in [0.1, 0.15) is 11.1 Å². The average molecular weight is 223 g/mol. The largest absolute Gasteiger partial charge is 0.491 e. The van der Waals surface area contributed by atoms with E-state index in [0.29, 0.717) is 6.61 Å². The SMILES string of the molecule is Cc1cccc(C)c1OCCN(N)C(N)=O. The molecule has 0 aromatic heterocycles. The molecule has 0 aliphatic rings. The zero-order valence-corrected chi connectivity index (χ0v) is 9.56. The van der Waals surface area contributed by atoms with Crippen LogP contribution in [0, 0.1) is 13.8 Å². The van der Waals surface area contributed by atoms with Crippen molar-refractivity contribution in [3.63, 3.8) is 0 Å². The van der Waals surface area contributed by atoms with Crippen molar-refractivity contribution in [2.75, 3.05) is 13.2 Å². The van der Waals surface area contributed by atoms with Gasteiger partial charge < -0.3 is 10.5 Å². The third-order valence-electron chi connectivity index (χ3n) is 2.27. The summed E-state index contributed by atoms with van der Waals surface area (Å²) in [4.78, 5) is 10.6. The molecule has 0 atom stereocenters. The van der Waals surface area contributed by atoms with Crippen molar-refractivity contribution in [3.8, 4) is 5.75 Å². The number of ether oxygens (including phenoxy) is 1. The number of hydrogen-bond donors (Lipinski definition) is 2. The first-order valence-corrected chi connectivity index (χ1v) is 5.03. The summed E-state index contributed by atoms with van der Waals surface area (Å²) in [7, 11) is 0. The molecular formula is C11H17N3O2. The van der Waals surface area contributed by atoms with Gasteiger partial charge in [-0.25, -0.2) is 10.6 Å². The van der Waals surface area contributed by atoms with Crippen molar-refractivity contribution in [1.29, 1.82) is 0 Å². The van der Waals surface area contributed by atoms with Crippen LogP contribution in [0.5, 0.6) is 5.75 Å². The van der Waals surface area contributed by atoms with E-state index in [9.17, 15) is 4.79 Å². The number of rotatable bonds is 4. The Hall–Kier alpha value is -1.75. The van der Waals surface area contributed by atoms with Crippen LogP contribution in [0.2, 0.25) is 0 Å². The van der Waals surface area contributed by atoms with Gasteiger partial charge in [0.15, 0.2) is 0 Å². The molecule has 0 heterocycles. The first kappa shape index (κ1) is 12.3. The third-order valence-corrected chi connectivity index (χ3v) is 2.27. The van der Waals surface area contributed by atoms with Crippen LogP contribution >= 0.6 is 0 Å². The van der Waals surface area contributed by atoms with Crippen LogP contribution in [0.4, 0.5) is 4.79 Å². The Labute approximate surface area is 94.9 Å². The number of carbonyl (C=O) groups excluding carboxylic acids is 1. The Morgan fingerprint density at radius 3 is 2.44 bits per heavy atom. The van der Waals surface area contributed by atoms with E-state index in [1.165, 1.54) is 0 Å². The second kappa shape index (κ2) is 5.37. The predicted octanol–water partition coefficient (Wildman–Crippen LogP) is 0.937. The van der Waals surface area contributed by atoms with Crippen LogP contribution < -0.4 is 16.3 Å². The zero-order chi connectivity index (χ0) is 12.1. The number of carbonyl (C=O) groups is 1. The summed E-state index contributed by atoms with van der Waals surface area (Å²) in [6, 6.07) is 5.24. The number of nitrogens with two attached hydrogens (primary N) is 2. The van der Waals surface area contributed by atoms with E-state index in [1.807, 2.05) is 32.0 Å². The van der Waals surface area contributed by atoms with E-state index in [4.69, 9.17) is 16.3 Å². The highest BCUT2D eigenvalue weighted by atomic mass is 16.5. The second-order valence-corrected chi connectivity index (χ2v) is 3.60. The summed E-state index contributed by atoms with van der Waals surface area (Å²) in [5.41, 5.74) is 7.10. The molecule has 1 rings (SSSR count). The highest BCUT2D eigenvalue weighted by molar-refractivity contribution is 5.71. The van der Waals surface area contributed by atoms with Crippen LogP contribution in [0.15, 0.2) is 18.2 Å². The number of hydrazine groups is 1. The van der Waals surface area contributed by atoms with E-state index in [-0.39, 0.29) is 6.54 Å². The summed E-state index contributed by atoms with van der Waals surface area (Å²) in [5.74, 6) is 6.17. The second-order valence-electron chi connectivity index (χ2n) is 3.60. The minimum absolute atomic E-state index is 0.267. The Morgan fingerprint density at radius 1 is 1.38 bits per heavy atom. The van der Waals surface area contributed by atoms with Crippen molar-refractivity contribution >= 4 is 6.03 Å². The number of benzene rings is 1. The molecule has 0 saturated heterocycles. The molecule has 0 fully saturated rings. The normalized spacial score (nSPS) is 9.94. The van der Waals surface area contributed by atoms with Crippen LogP contribution in [-0.4, -0.2) is 24.2 Å². The Morgan fingerprint density at radius 2 is 1.94 bits per heavy atom. The number of nitrogens with zero attached hydrogens (tertiary/aromatic N) is 1. The summed E-state index contributed by atoms with van der Waals surface area (Å²) in [5, 5.41) is 0.924. The smallest absolute Gasteiger partial charge is 0.329 e. The highest BCUT2D eigenvalue weighted by Gasteiger charge is 2.06. The molecule has 0 radical (unpaired) electrons. The van der Waals surface area contributed by atoms with Crippen LogP contribution in [-0.2, 0) is 0 Å². The van der Waals surface area contributed by atoms with E-state index in [2.05, 4.69) is 0 Å². The van der Waals surface area contributed by atoms with Gasteiger partial charge in [0.25, 0.3) is 0 Å². The Balaban J connectivity index is 2.52. The summed E-state index contributed by atoms with van der Waals surface area (Å²) in [6.45, 7) is 4.53. The number of primary amides is 1. The van der Waals surface area contributed by atoms with Gasteiger partial charge in [0.1, 0.15) is 12.4 Å². The fourth-order valence-electron chi connectivity index (χ4n) is 1.38. The molecule has 88 valence electrons. The standard InChI is InChI=1S/C11H17N3O2/c1-8-4-3-5-9(2)10(8)16-7-6-14(13)11(12)15/h3-5H,6-7,13H2,1-2H3,(H2,12,15). The maximum Gasteiger partial charge on any atom is 0.329 e. The molecule has 5 nitrogen and oxygen atoms in total. The molecule has 16 heavy (non-hydrogen) atoms. The molecular weight excluding hydrogens is 206 g/mol. The van der Waals surface area contributed by atoms with Crippen molar-refractivity contribution in [1.82, 2.24) is 5.01 Å².